The number of hydrogen-bond donors (Lipinski definition) is 1. The Labute approximate surface area is 96.9 Å². The lowest BCUT2D eigenvalue weighted by molar-refractivity contribution is 0.391. The van der Waals surface area contributed by atoms with E-state index < -0.39 is 10.3 Å². The van der Waals surface area contributed by atoms with E-state index in [1.807, 2.05) is 0 Å². The first-order valence-electron chi connectivity index (χ1n) is 3.58. The van der Waals surface area contributed by atoms with E-state index >= 15 is 0 Å². The van der Waals surface area contributed by atoms with Crippen LogP contribution in [0.15, 0.2) is 12.1 Å². The molecule has 1 aromatic carbocycles. The number of methoxy groups -OCH3 is 1. The highest BCUT2D eigenvalue weighted by Crippen LogP contribution is 2.38. The molecule has 8 heteroatoms. The highest BCUT2D eigenvalue weighted by Gasteiger charge is 2.15. The van der Waals surface area contributed by atoms with Crippen LogP contribution in [-0.2, 0) is 10.3 Å². The molecule has 0 aliphatic carbocycles. The average Bonchev–Trinajstić information content (AvgIpc) is 1.99. The van der Waals surface area contributed by atoms with Crippen LogP contribution in [-0.4, -0.2) is 15.5 Å². The second kappa shape index (κ2) is 4.44. The maximum atomic E-state index is 10.7. The van der Waals surface area contributed by atoms with E-state index in [0.29, 0.717) is 0 Å². The van der Waals surface area contributed by atoms with Crippen LogP contribution >= 0.6 is 23.2 Å². The van der Waals surface area contributed by atoms with Crippen molar-refractivity contribution in [3.8, 4) is 11.5 Å². The molecule has 0 unspecified atom stereocenters. The maximum Gasteiger partial charge on any atom is 0.380 e. The quantitative estimate of drug-likeness (QED) is 0.906. The van der Waals surface area contributed by atoms with Crippen molar-refractivity contribution >= 4 is 33.5 Å². The first-order chi connectivity index (χ1) is 6.83. The normalized spacial score (nSPS) is 11.2. The minimum Gasteiger partial charge on any atom is -0.491 e. The van der Waals surface area contributed by atoms with Crippen LogP contribution in [0.1, 0.15) is 0 Å². The smallest absolute Gasteiger partial charge is 0.380 e. The Bertz CT molecular complexity index is 474. The SMILES string of the molecule is COc1c(Cl)cc(Cl)cc1OS(N)(=O)=O. The highest BCUT2D eigenvalue weighted by atomic mass is 35.5. The fourth-order valence-electron chi connectivity index (χ4n) is 0.922. The van der Waals surface area contributed by atoms with Gasteiger partial charge in [0.25, 0.3) is 0 Å². The summed E-state index contributed by atoms with van der Waals surface area (Å²) < 4.78 is 30.7. The zero-order chi connectivity index (χ0) is 11.6. The first-order valence-corrected chi connectivity index (χ1v) is 5.81. The molecule has 0 amide bonds. The minimum atomic E-state index is -4.14. The standard InChI is InChI=1S/C7H7Cl2NO4S/c1-13-7-5(9)2-4(8)3-6(7)14-15(10,11)12/h2-3H,1H3,(H2,10,11,12). The van der Waals surface area contributed by atoms with Gasteiger partial charge >= 0.3 is 10.3 Å². The zero-order valence-electron chi connectivity index (χ0n) is 7.53. The van der Waals surface area contributed by atoms with Crippen molar-refractivity contribution in [3.63, 3.8) is 0 Å². The van der Waals surface area contributed by atoms with Gasteiger partial charge < -0.3 is 8.92 Å². The van der Waals surface area contributed by atoms with Crippen LogP contribution in [0.4, 0.5) is 0 Å². The van der Waals surface area contributed by atoms with Gasteiger partial charge in [0.1, 0.15) is 0 Å². The molecule has 0 fully saturated rings. The summed E-state index contributed by atoms with van der Waals surface area (Å²) >= 11 is 11.4. The summed E-state index contributed by atoms with van der Waals surface area (Å²) in [5, 5.41) is 5.04. The molecule has 0 heterocycles. The van der Waals surface area contributed by atoms with Gasteiger partial charge in [-0.25, -0.2) is 0 Å². The van der Waals surface area contributed by atoms with Gasteiger partial charge in [0.15, 0.2) is 11.5 Å². The van der Waals surface area contributed by atoms with Gasteiger partial charge in [0.05, 0.1) is 12.1 Å². The van der Waals surface area contributed by atoms with Crippen molar-refractivity contribution in [1.29, 1.82) is 0 Å². The number of nitrogens with two attached hydrogens (primary N) is 1. The maximum absolute atomic E-state index is 10.7. The third-order valence-electron chi connectivity index (χ3n) is 1.38. The molecule has 0 bridgehead atoms. The predicted octanol–water partition coefficient (Wildman–Crippen LogP) is 1.58. The highest BCUT2D eigenvalue weighted by molar-refractivity contribution is 7.84. The molecule has 1 rings (SSSR count). The van der Waals surface area contributed by atoms with Crippen LogP contribution in [0, 0.1) is 0 Å². The van der Waals surface area contributed by atoms with Crippen molar-refractivity contribution in [1.82, 2.24) is 0 Å². The number of ether oxygens (including phenoxy) is 1. The van der Waals surface area contributed by atoms with Gasteiger partial charge in [0.2, 0.25) is 0 Å². The van der Waals surface area contributed by atoms with Gasteiger partial charge in [-0.2, -0.15) is 13.6 Å². The number of rotatable bonds is 3. The molecular formula is C7H7Cl2NO4S. The van der Waals surface area contributed by atoms with E-state index in [2.05, 4.69) is 4.18 Å². The molecule has 0 radical (unpaired) electrons. The predicted molar refractivity (Wildman–Crippen MR) is 56.7 cm³/mol. The van der Waals surface area contributed by atoms with Crippen LogP contribution in [0.2, 0.25) is 10.0 Å². The summed E-state index contributed by atoms with van der Waals surface area (Å²) in [6.07, 6.45) is 0. The summed E-state index contributed by atoms with van der Waals surface area (Å²) in [5.74, 6) is -0.104. The Balaban J connectivity index is 3.27. The van der Waals surface area contributed by atoms with Crippen molar-refractivity contribution in [2.24, 2.45) is 5.14 Å². The fourth-order valence-corrected chi connectivity index (χ4v) is 1.85. The van der Waals surface area contributed by atoms with E-state index in [1.54, 1.807) is 0 Å². The minimum absolute atomic E-state index is 0.0510. The molecule has 0 spiro atoms. The average molecular weight is 272 g/mol. The van der Waals surface area contributed by atoms with Crippen molar-refractivity contribution < 1.29 is 17.3 Å². The molecule has 15 heavy (non-hydrogen) atoms. The first kappa shape index (κ1) is 12.4. The third kappa shape index (κ3) is 3.42. The van der Waals surface area contributed by atoms with Crippen molar-refractivity contribution in [2.45, 2.75) is 0 Å². The summed E-state index contributed by atoms with van der Waals surface area (Å²) in [4.78, 5) is 0. The van der Waals surface area contributed by atoms with Crippen LogP contribution in [0.25, 0.3) is 0 Å². The van der Waals surface area contributed by atoms with Gasteiger partial charge in [-0.1, -0.05) is 23.2 Å². The molecule has 0 saturated carbocycles. The fraction of sp³-hybridized carbons (Fsp3) is 0.143. The Morgan fingerprint density at radius 1 is 1.33 bits per heavy atom. The summed E-state index contributed by atoms with van der Waals surface area (Å²) in [7, 11) is -2.83. The van der Waals surface area contributed by atoms with Crippen LogP contribution in [0.3, 0.4) is 0 Å². The molecule has 0 aliphatic heterocycles. The van der Waals surface area contributed by atoms with Crippen molar-refractivity contribution in [2.75, 3.05) is 7.11 Å². The molecular weight excluding hydrogens is 265 g/mol. The van der Waals surface area contributed by atoms with Gasteiger partial charge in [-0.3, -0.25) is 0 Å². The van der Waals surface area contributed by atoms with E-state index in [4.69, 9.17) is 33.1 Å². The zero-order valence-corrected chi connectivity index (χ0v) is 9.86. The Morgan fingerprint density at radius 3 is 2.40 bits per heavy atom. The number of hydrogen-bond acceptors (Lipinski definition) is 4. The molecule has 5 nitrogen and oxygen atoms in total. The van der Waals surface area contributed by atoms with Gasteiger partial charge in [-0.05, 0) is 6.07 Å². The largest absolute Gasteiger partial charge is 0.491 e. The second-order valence-electron chi connectivity index (χ2n) is 2.50. The topological polar surface area (TPSA) is 78.6 Å². The number of benzene rings is 1. The monoisotopic (exact) mass is 271 g/mol. The van der Waals surface area contributed by atoms with Crippen LogP contribution < -0.4 is 14.1 Å². The molecule has 1 aromatic rings. The summed E-state index contributed by atoms with van der Waals surface area (Å²) in [5.41, 5.74) is 0. The molecule has 84 valence electrons. The molecule has 0 saturated heterocycles. The van der Waals surface area contributed by atoms with Gasteiger partial charge in [0, 0.05) is 11.1 Å². The third-order valence-corrected chi connectivity index (χ3v) is 2.30. The Morgan fingerprint density at radius 2 is 1.93 bits per heavy atom. The lowest BCUT2D eigenvalue weighted by atomic mass is 10.3. The lowest BCUT2D eigenvalue weighted by Gasteiger charge is -2.09. The molecule has 0 aliphatic rings. The molecule has 0 atom stereocenters. The summed E-state index contributed by atoms with van der Waals surface area (Å²) in [6.45, 7) is 0. The van der Waals surface area contributed by atoms with E-state index in [-0.39, 0.29) is 21.5 Å². The van der Waals surface area contributed by atoms with E-state index in [9.17, 15) is 8.42 Å². The molecule has 2 N–H and O–H groups in total. The summed E-state index contributed by atoms with van der Waals surface area (Å²) in [6, 6.07) is 2.62. The lowest BCUT2D eigenvalue weighted by Crippen LogP contribution is -2.19. The van der Waals surface area contributed by atoms with Gasteiger partial charge in [-0.15, -0.1) is 0 Å². The molecule has 0 aromatic heterocycles. The van der Waals surface area contributed by atoms with Crippen molar-refractivity contribution in [3.05, 3.63) is 22.2 Å². The Hall–Kier alpha value is -0.690. The number of halogens is 2. The van der Waals surface area contributed by atoms with Crippen LogP contribution in [0.5, 0.6) is 11.5 Å². The van der Waals surface area contributed by atoms with E-state index in [0.717, 1.165) is 0 Å². The second-order valence-corrected chi connectivity index (χ2v) is 4.49. The Kier molecular flexibility index (Phi) is 3.67. The van der Waals surface area contributed by atoms with E-state index in [1.165, 1.54) is 19.2 Å².